The minimum absolute atomic E-state index is 0.0247. The van der Waals surface area contributed by atoms with Crippen molar-refractivity contribution in [1.29, 1.82) is 0 Å². The number of aryl methyl sites for hydroxylation is 2. The fourth-order valence-corrected chi connectivity index (χ4v) is 4.21. The van der Waals surface area contributed by atoms with Crippen molar-refractivity contribution in [1.82, 2.24) is 0 Å². The maximum atomic E-state index is 13.3. The van der Waals surface area contributed by atoms with Gasteiger partial charge in [0.25, 0.3) is 5.91 Å². The molecule has 1 amide bonds. The average Bonchev–Trinajstić information content (AvgIpc) is 2.96. The Kier molecular flexibility index (Phi) is 6.77. The number of nitrogens with zero attached hydrogens (tertiary/aromatic N) is 2. The van der Waals surface area contributed by atoms with E-state index in [0.717, 1.165) is 22.4 Å². The van der Waals surface area contributed by atoms with Gasteiger partial charge in [-0.15, -0.1) is 0 Å². The molecule has 1 heterocycles. The highest BCUT2D eigenvalue weighted by Gasteiger charge is 2.36. The molecule has 0 atom stereocenters. The SMILES string of the molecule is Cc1cccc(C)c1N1C(=O)/C(=C/c2ccc(OCCO)cc2)SC1=NC(C)C. The van der Waals surface area contributed by atoms with Gasteiger partial charge >= 0.3 is 0 Å². The van der Waals surface area contributed by atoms with Gasteiger partial charge in [0.05, 0.1) is 17.2 Å². The third-order valence-corrected chi connectivity index (χ3v) is 5.36. The number of hydrogen-bond donors (Lipinski definition) is 1. The molecule has 3 rings (SSSR count). The van der Waals surface area contributed by atoms with Crippen molar-refractivity contribution in [3.8, 4) is 5.75 Å². The molecule has 1 N–H and O–H groups in total. The first kappa shape index (κ1) is 21.1. The monoisotopic (exact) mass is 410 g/mol. The molecule has 6 heteroatoms. The number of benzene rings is 2. The summed E-state index contributed by atoms with van der Waals surface area (Å²) >= 11 is 1.40. The van der Waals surface area contributed by atoms with Crippen molar-refractivity contribution in [2.24, 2.45) is 4.99 Å². The molecule has 1 fully saturated rings. The standard InChI is InChI=1S/C23H26N2O3S/c1-15(2)24-23-25(21-16(3)6-5-7-17(21)4)22(27)20(29-23)14-18-8-10-19(11-9-18)28-13-12-26/h5-11,14-15,26H,12-13H2,1-4H3/b20-14-,24-23?. The van der Waals surface area contributed by atoms with Gasteiger partial charge in [-0.05, 0) is 74.4 Å². The summed E-state index contributed by atoms with van der Waals surface area (Å²) in [6.45, 7) is 8.28. The molecular weight excluding hydrogens is 384 g/mol. The number of anilines is 1. The number of carbonyl (C=O) groups is 1. The Labute approximate surface area is 176 Å². The van der Waals surface area contributed by atoms with Crippen LogP contribution in [0.3, 0.4) is 0 Å². The lowest BCUT2D eigenvalue weighted by Crippen LogP contribution is -2.30. The normalized spacial score (nSPS) is 17.0. The van der Waals surface area contributed by atoms with Crippen LogP contribution in [-0.4, -0.2) is 35.4 Å². The molecule has 0 unspecified atom stereocenters. The molecule has 1 aliphatic rings. The molecule has 1 saturated heterocycles. The number of para-hydroxylation sites is 1. The lowest BCUT2D eigenvalue weighted by molar-refractivity contribution is -0.113. The molecule has 152 valence electrons. The Balaban J connectivity index is 1.96. The second kappa shape index (κ2) is 9.29. The number of ether oxygens (including phenoxy) is 1. The van der Waals surface area contributed by atoms with Crippen LogP contribution < -0.4 is 9.64 Å². The number of hydrogen-bond acceptors (Lipinski definition) is 5. The van der Waals surface area contributed by atoms with Gasteiger partial charge in [-0.3, -0.25) is 14.7 Å². The molecule has 0 aliphatic carbocycles. The smallest absolute Gasteiger partial charge is 0.271 e. The summed E-state index contributed by atoms with van der Waals surface area (Å²) in [5.41, 5.74) is 3.90. The number of thioether (sulfide) groups is 1. The van der Waals surface area contributed by atoms with E-state index in [1.54, 1.807) is 4.90 Å². The zero-order valence-electron chi connectivity index (χ0n) is 17.2. The third-order valence-electron chi connectivity index (χ3n) is 4.38. The van der Waals surface area contributed by atoms with Gasteiger partial charge in [0.2, 0.25) is 0 Å². The van der Waals surface area contributed by atoms with Gasteiger partial charge in [0.15, 0.2) is 5.17 Å². The number of aliphatic hydroxyl groups excluding tert-OH is 1. The van der Waals surface area contributed by atoms with Gasteiger partial charge in [-0.25, -0.2) is 0 Å². The molecule has 0 radical (unpaired) electrons. The predicted octanol–water partition coefficient (Wildman–Crippen LogP) is 4.56. The van der Waals surface area contributed by atoms with Crippen LogP contribution in [0, 0.1) is 13.8 Å². The largest absolute Gasteiger partial charge is 0.491 e. The Morgan fingerprint density at radius 3 is 2.38 bits per heavy atom. The van der Waals surface area contributed by atoms with Crippen LogP contribution >= 0.6 is 11.8 Å². The highest BCUT2D eigenvalue weighted by molar-refractivity contribution is 8.19. The van der Waals surface area contributed by atoms with Gasteiger partial charge in [0, 0.05) is 6.04 Å². The third kappa shape index (κ3) is 4.89. The van der Waals surface area contributed by atoms with Gasteiger partial charge < -0.3 is 9.84 Å². The van der Waals surface area contributed by atoms with Crippen molar-refractivity contribution < 1.29 is 14.6 Å². The number of aliphatic imine (C=N–C) groups is 1. The Morgan fingerprint density at radius 2 is 1.79 bits per heavy atom. The maximum absolute atomic E-state index is 13.3. The summed E-state index contributed by atoms with van der Waals surface area (Å²) in [7, 11) is 0. The number of carbonyl (C=O) groups excluding carboxylic acids is 1. The highest BCUT2D eigenvalue weighted by atomic mass is 32.2. The molecule has 0 saturated carbocycles. The highest BCUT2D eigenvalue weighted by Crippen LogP contribution is 2.39. The Bertz CT molecular complexity index is 929. The summed E-state index contributed by atoms with van der Waals surface area (Å²) in [6.07, 6.45) is 1.88. The van der Waals surface area contributed by atoms with Crippen LogP contribution in [0.4, 0.5) is 5.69 Å². The van der Waals surface area contributed by atoms with E-state index in [4.69, 9.17) is 14.8 Å². The van der Waals surface area contributed by atoms with E-state index in [9.17, 15) is 4.79 Å². The lowest BCUT2D eigenvalue weighted by atomic mass is 10.1. The molecule has 0 aromatic heterocycles. The van der Waals surface area contributed by atoms with Gasteiger partial charge in [-0.2, -0.15) is 0 Å². The first-order valence-corrected chi connectivity index (χ1v) is 10.4. The zero-order chi connectivity index (χ0) is 21.0. The van der Waals surface area contributed by atoms with Gasteiger partial charge in [0.1, 0.15) is 12.4 Å². The average molecular weight is 411 g/mol. The van der Waals surface area contributed by atoms with E-state index in [-0.39, 0.29) is 25.2 Å². The molecule has 0 bridgehead atoms. The summed E-state index contributed by atoms with van der Waals surface area (Å²) in [5.74, 6) is 0.623. The summed E-state index contributed by atoms with van der Waals surface area (Å²) in [5, 5.41) is 9.56. The van der Waals surface area contributed by atoms with Crippen molar-refractivity contribution >= 4 is 34.6 Å². The van der Waals surface area contributed by atoms with Crippen molar-refractivity contribution in [3.63, 3.8) is 0 Å². The van der Waals surface area contributed by atoms with Gasteiger partial charge in [-0.1, -0.05) is 30.3 Å². The fourth-order valence-electron chi connectivity index (χ4n) is 3.11. The predicted molar refractivity (Wildman–Crippen MR) is 121 cm³/mol. The summed E-state index contributed by atoms with van der Waals surface area (Å²) in [6, 6.07) is 13.6. The van der Waals surface area contributed by atoms with Crippen molar-refractivity contribution in [2.75, 3.05) is 18.1 Å². The van der Waals surface area contributed by atoms with E-state index in [1.165, 1.54) is 11.8 Å². The summed E-state index contributed by atoms with van der Waals surface area (Å²) in [4.78, 5) is 20.4. The number of aliphatic hydroxyl groups is 1. The second-order valence-electron chi connectivity index (χ2n) is 7.14. The van der Waals surface area contributed by atoms with Crippen LogP contribution in [0.15, 0.2) is 52.4 Å². The van der Waals surface area contributed by atoms with Crippen LogP contribution in [-0.2, 0) is 4.79 Å². The molecule has 2 aromatic carbocycles. The minimum atomic E-state index is -0.0626. The van der Waals surface area contributed by atoms with E-state index in [2.05, 4.69) is 0 Å². The molecule has 29 heavy (non-hydrogen) atoms. The molecular formula is C23H26N2O3S. The van der Waals surface area contributed by atoms with Crippen LogP contribution in [0.25, 0.3) is 6.08 Å². The van der Waals surface area contributed by atoms with E-state index in [1.807, 2.05) is 76.2 Å². The lowest BCUT2D eigenvalue weighted by Gasteiger charge is -2.21. The Hall–Kier alpha value is -2.57. The zero-order valence-corrected chi connectivity index (χ0v) is 18.0. The summed E-state index contributed by atoms with van der Waals surface area (Å²) < 4.78 is 5.39. The first-order valence-electron chi connectivity index (χ1n) is 9.62. The van der Waals surface area contributed by atoms with E-state index in [0.29, 0.717) is 15.8 Å². The van der Waals surface area contributed by atoms with Crippen LogP contribution in [0.1, 0.15) is 30.5 Å². The first-order chi connectivity index (χ1) is 13.9. The van der Waals surface area contributed by atoms with Crippen molar-refractivity contribution in [3.05, 3.63) is 64.1 Å². The quantitative estimate of drug-likeness (QED) is 0.709. The molecule has 5 nitrogen and oxygen atoms in total. The molecule has 0 spiro atoms. The number of amides is 1. The molecule has 1 aliphatic heterocycles. The number of rotatable bonds is 6. The second-order valence-corrected chi connectivity index (χ2v) is 8.15. The van der Waals surface area contributed by atoms with E-state index >= 15 is 0 Å². The number of amidine groups is 1. The topological polar surface area (TPSA) is 62.1 Å². The van der Waals surface area contributed by atoms with Crippen LogP contribution in [0.2, 0.25) is 0 Å². The maximum Gasteiger partial charge on any atom is 0.271 e. The fraction of sp³-hybridized carbons (Fsp3) is 0.304. The van der Waals surface area contributed by atoms with Crippen molar-refractivity contribution in [2.45, 2.75) is 33.7 Å². The Morgan fingerprint density at radius 1 is 1.14 bits per heavy atom. The van der Waals surface area contributed by atoms with E-state index < -0.39 is 0 Å². The minimum Gasteiger partial charge on any atom is -0.491 e. The molecule has 2 aromatic rings. The van der Waals surface area contributed by atoms with Crippen LogP contribution in [0.5, 0.6) is 5.75 Å².